The zero-order valence-electron chi connectivity index (χ0n) is 12.1. The van der Waals surface area contributed by atoms with Gasteiger partial charge in [-0.1, -0.05) is 47.6 Å². The molecule has 7 nitrogen and oxygen atoms in total. The first-order valence-corrected chi connectivity index (χ1v) is 6.96. The molecule has 0 spiro atoms. The zero-order valence-corrected chi connectivity index (χ0v) is 12.1. The molecule has 23 heavy (non-hydrogen) atoms. The minimum absolute atomic E-state index is 0.0691. The summed E-state index contributed by atoms with van der Waals surface area (Å²) in [5, 5.41) is 8.72. The normalized spacial score (nSPS) is 10.3. The predicted molar refractivity (Wildman–Crippen MR) is 84.9 cm³/mol. The second-order valence-electron chi connectivity index (χ2n) is 4.79. The van der Waals surface area contributed by atoms with E-state index in [1.165, 1.54) is 0 Å². The summed E-state index contributed by atoms with van der Waals surface area (Å²) in [5.41, 5.74) is 2.84. The molecule has 0 aliphatic carbocycles. The van der Waals surface area contributed by atoms with Crippen LogP contribution < -0.4 is 16.4 Å². The Balaban J connectivity index is 1.57. The monoisotopic (exact) mass is 310 g/mol. The molecule has 7 heteroatoms. The molecular weight excluding hydrogens is 296 g/mol. The standard InChI is InChI=1S/C16H14N4O3/c21-15(17-10-14-19-16(22)23-20-14)18-13-8-6-12(7-9-13)11-4-2-1-3-5-11/h1-9H,10H2,(H2,17,18,21)(H,19,20,22). The van der Waals surface area contributed by atoms with Crippen molar-refractivity contribution in [3.05, 3.63) is 71.0 Å². The summed E-state index contributed by atoms with van der Waals surface area (Å²) >= 11 is 0. The summed E-state index contributed by atoms with van der Waals surface area (Å²) in [7, 11) is 0. The van der Waals surface area contributed by atoms with Crippen molar-refractivity contribution in [1.29, 1.82) is 0 Å². The quantitative estimate of drug-likeness (QED) is 0.688. The number of rotatable bonds is 4. The smallest absolute Gasteiger partial charge is 0.331 e. The minimum Gasteiger partial charge on any atom is -0.331 e. The predicted octanol–water partition coefficient (Wildman–Crippen LogP) is 2.35. The third-order valence-electron chi connectivity index (χ3n) is 3.15. The van der Waals surface area contributed by atoms with Crippen molar-refractivity contribution in [3.63, 3.8) is 0 Å². The van der Waals surface area contributed by atoms with Crippen molar-refractivity contribution in [1.82, 2.24) is 15.5 Å². The van der Waals surface area contributed by atoms with Crippen LogP contribution in [0.4, 0.5) is 10.5 Å². The average molecular weight is 310 g/mol. The number of H-pyrrole nitrogens is 1. The topological polar surface area (TPSA) is 100 Å². The lowest BCUT2D eigenvalue weighted by atomic mass is 10.1. The zero-order chi connectivity index (χ0) is 16.1. The number of nitrogens with one attached hydrogen (secondary N) is 3. The summed E-state index contributed by atoms with van der Waals surface area (Å²) in [4.78, 5) is 24.9. The maximum Gasteiger partial charge on any atom is 0.438 e. The molecule has 2 amide bonds. The van der Waals surface area contributed by atoms with E-state index in [-0.39, 0.29) is 12.4 Å². The number of amides is 2. The van der Waals surface area contributed by atoms with Crippen LogP contribution in [0, 0.1) is 0 Å². The summed E-state index contributed by atoms with van der Waals surface area (Å²) in [6.07, 6.45) is 0. The third-order valence-corrected chi connectivity index (χ3v) is 3.15. The van der Waals surface area contributed by atoms with Gasteiger partial charge in [0.15, 0.2) is 5.82 Å². The highest BCUT2D eigenvalue weighted by Gasteiger charge is 2.05. The first kappa shape index (κ1) is 14.6. The van der Waals surface area contributed by atoms with Gasteiger partial charge in [-0.2, -0.15) is 0 Å². The Labute approximate surface area is 131 Å². The van der Waals surface area contributed by atoms with Crippen molar-refractivity contribution in [3.8, 4) is 11.1 Å². The molecular formula is C16H14N4O3. The second-order valence-corrected chi connectivity index (χ2v) is 4.79. The lowest BCUT2D eigenvalue weighted by molar-refractivity contribution is 0.251. The Hall–Kier alpha value is -3.35. The molecule has 0 fully saturated rings. The van der Waals surface area contributed by atoms with Gasteiger partial charge >= 0.3 is 11.8 Å². The van der Waals surface area contributed by atoms with E-state index in [9.17, 15) is 9.59 Å². The molecule has 3 N–H and O–H groups in total. The van der Waals surface area contributed by atoms with E-state index in [1.807, 2.05) is 54.6 Å². The minimum atomic E-state index is -0.654. The highest BCUT2D eigenvalue weighted by Crippen LogP contribution is 2.20. The van der Waals surface area contributed by atoms with Gasteiger partial charge < -0.3 is 10.6 Å². The molecule has 116 valence electrons. The van der Waals surface area contributed by atoms with Gasteiger partial charge in [0.05, 0.1) is 6.54 Å². The number of carbonyl (C=O) groups is 1. The van der Waals surface area contributed by atoms with Crippen LogP contribution >= 0.6 is 0 Å². The van der Waals surface area contributed by atoms with E-state index < -0.39 is 11.8 Å². The Morgan fingerprint density at radius 2 is 1.74 bits per heavy atom. The molecule has 0 atom stereocenters. The van der Waals surface area contributed by atoms with Crippen molar-refractivity contribution in [2.45, 2.75) is 6.54 Å². The fourth-order valence-corrected chi connectivity index (χ4v) is 2.05. The summed E-state index contributed by atoms with van der Waals surface area (Å²) in [5.74, 6) is -0.400. The van der Waals surface area contributed by atoms with Gasteiger partial charge in [0, 0.05) is 5.69 Å². The molecule has 1 heterocycles. The SMILES string of the molecule is O=C(NCc1noc(=O)[nH]1)Nc1ccc(-c2ccccc2)cc1. The highest BCUT2D eigenvalue weighted by atomic mass is 16.5. The van der Waals surface area contributed by atoms with Crippen molar-refractivity contribution >= 4 is 11.7 Å². The van der Waals surface area contributed by atoms with Gasteiger partial charge in [-0.25, -0.2) is 9.59 Å². The number of anilines is 1. The molecule has 0 aliphatic heterocycles. The van der Waals surface area contributed by atoms with E-state index >= 15 is 0 Å². The maximum atomic E-state index is 11.8. The van der Waals surface area contributed by atoms with E-state index in [0.29, 0.717) is 5.69 Å². The number of aromatic nitrogens is 2. The first-order chi connectivity index (χ1) is 11.2. The molecule has 2 aromatic carbocycles. The molecule has 0 saturated heterocycles. The Kier molecular flexibility index (Phi) is 4.19. The van der Waals surface area contributed by atoms with Crippen LogP contribution in [0.25, 0.3) is 11.1 Å². The van der Waals surface area contributed by atoms with Crippen LogP contribution in [0.3, 0.4) is 0 Å². The number of carbonyl (C=O) groups excluding carboxylic acids is 1. The van der Waals surface area contributed by atoms with E-state index in [0.717, 1.165) is 11.1 Å². The van der Waals surface area contributed by atoms with Crippen molar-refractivity contribution in [2.75, 3.05) is 5.32 Å². The number of hydrogen-bond donors (Lipinski definition) is 3. The molecule has 3 rings (SSSR count). The van der Waals surface area contributed by atoms with Crippen LogP contribution in [0.1, 0.15) is 5.82 Å². The number of hydrogen-bond acceptors (Lipinski definition) is 4. The van der Waals surface area contributed by atoms with Gasteiger partial charge in [0.1, 0.15) is 0 Å². The van der Waals surface area contributed by atoms with Gasteiger partial charge in [0.25, 0.3) is 0 Å². The largest absolute Gasteiger partial charge is 0.438 e. The van der Waals surface area contributed by atoms with Crippen LogP contribution in [0.15, 0.2) is 63.9 Å². The van der Waals surface area contributed by atoms with Gasteiger partial charge in [-0.15, -0.1) is 0 Å². The van der Waals surface area contributed by atoms with E-state index in [4.69, 9.17) is 0 Å². The summed E-state index contributed by atoms with van der Waals surface area (Å²) < 4.78 is 4.34. The Morgan fingerprint density at radius 3 is 2.39 bits per heavy atom. The number of urea groups is 1. The first-order valence-electron chi connectivity index (χ1n) is 6.96. The highest BCUT2D eigenvalue weighted by molar-refractivity contribution is 5.89. The Bertz CT molecular complexity index is 838. The lowest BCUT2D eigenvalue weighted by Crippen LogP contribution is -2.28. The molecule has 3 aromatic rings. The number of aromatic amines is 1. The molecule has 0 radical (unpaired) electrons. The van der Waals surface area contributed by atoms with Crippen LogP contribution in [-0.2, 0) is 6.54 Å². The van der Waals surface area contributed by atoms with Crippen LogP contribution in [0.5, 0.6) is 0 Å². The third kappa shape index (κ3) is 3.85. The molecule has 0 unspecified atom stereocenters. The van der Waals surface area contributed by atoms with E-state index in [1.54, 1.807) is 0 Å². The fourth-order valence-electron chi connectivity index (χ4n) is 2.05. The lowest BCUT2D eigenvalue weighted by Gasteiger charge is -2.07. The van der Waals surface area contributed by atoms with Crippen molar-refractivity contribution in [2.24, 2.45) is 0 Å². The Morgan fingerprint density at radius 1 is 1.04 bits per heavy atom. The number of nitrogens with zero attached hydrogens (tertiary/aromatic N) is 1. The molecule has 1 aromatic heterocycles. The summed E-state index contributed by atoms with van der Waals surface area (Å²) in [6.45, 7) is 0.0691. The fraction of sp³-hybridized carbons (Fsp3) is 0.0625. The molecule has 0 saturated carbocycles. The second kappa shape index (κ2) is 6.61. The average Bonchev–Trinajstić information content (AvgIpc) is 3.00. The van der Waals surface area contributed by atoms with Gasteiger partial charge in [-0.05, 0) is 23.3 Å². The maximum absolute atomic E-state index is 11.8. The molecule has 0 aliphatic rings. The van der Waals surface area contributed by atoms with Crippen molar-refractivity contribution < 1.29 is 9.32 Å². The van der Waals surface area contributed by atoms with Crippen LogP contribution in [-0.4, -0.2) is 16.2 Å². The molecule has 0 bridgehead atoms. The van der Waals surface area contributed by atoms with Crippen LogP contribution in [0.2, 0.25) is 0 Å². The number of benzene rings is 2. The van der Waals surface area contributed by atoms with Gasteiger partial charge in [-0.3, -0.25) is 9.51 Å². The van der Waals surface area contributed by atoms with Gasteiger partial charge in [0.2, 0.25) is 0 Å². The summed E-state index contributed by atoms with van der Waals surface area (Å²) in [6, 6.07) is 17.1. The van der Waals surface area contributed by atoms with E-state index in [2.05, 4.69) is 25.3 Å².